The molecule has 3 rings (SSSR count). The van der Waals surface area contributed by atoms with Crippen LogP contribution in [0.4, 0.5) is 10.5 Å². The second-order valence-electron chi connectivity index (χ2n) is 6.21. The van der Waals surface area contributed by atoms with Crippen molar-refractivity contribution in [3.05, 3.63) is 54.1 Å². The fourth-order valence-corrected chi connectivity index (χ4v) is 2.93. The molecule has 0 spiro atoms. The number of carbonyl (C=O) groups is 1. The van der Waals surface area contributed by atoms with Crippen molar-refractivity contribution in [3.63, 3.8) is 0 Å². The number of likely N-dealkylation sites (tertiary alicyclic amines) is 1. The van der Waals surface area contributed by atoms with Crippen LogP contribution in [-0.2, 0) is 0 Å². The van der Waals surface area contributed by atoms with Crippen LogP contribution in [0.25, 0.3) is 11.1 Å². The number of carbonyl (C=O) groups excluding carboxylic acids is 1. The first-order valence-corrected chi connectivity index (χ1v) is 8.09. The Bertz CT molecular complexity index is 681. The third-order valence-electron chi connectivity index (χ3n) is 4.41. The molecule has 1 heterocycles. The van der Waals surface area contributed by atoms with Crippen LogP contribution in [0.3, 0.4) is 0 Å². The van der Waals surface area contributed by atoms with Crippen LogP contribution >= 0.6 is 0 Å². The van der Waals surface area contributed by atoms with E-state index in [2.05, 4.69) is 42.6 Å². The summed E-state index contributed by atoms with van der Waals surface area (Å²) in [5.41, 5.74) is 10.00. The van der Waals surface area contributed by atoms with E-state index in [1.165, 1.54) is 5.56 Å². The molecule has 1 fully saturated rings. The van der Waals surface area contributed by atoms with E-state index in [1.807, 2.05) is 23.1 Å². The van der Waals surface area contributed by atoms with Gasteiger partial charge in [0.05, 0.1) is 0 Å². The van der Waals surface area contributed by atoms with Gasteiger partial charge in [-0.25, -0.2) is 4.79 Å². The maximum absolute atomic E-state index is 12.3. The summed E-state index contributed by atoms with van der Waals surface area (Å²) in [6, 6.07) is 16.3. The van der Waals surface area contributed by atoms with Crippen LogP contribution in [0.2, 0.25) is 0 Å². The number of urea groups is 1. The zero-order valence-corrected chi connectivity index (χ0v) is 13.5. The average Bonchev–Trinajstić information content (AvgIpc) is 3.05. The molecule has 0 aliphatic carbocycles. The number of nitrogens with two attached hydrogens (primary N) is 1. The van der Waals surface area contributed by atoms with Gasteiger partial charge in [-0.1, -0.05) is 42.0 Å². The Labute approximate surface area is 137 Å². The van der Waals surface area contributed by atoms with E-state index in [0.717, 1.165) is 36.3 Å². The molecule has 4 nitrogen and oxygen atoms in total. The number of hydrogen-bond acceptors (Lipinski definition) is 2. The van der Waals surface area contributed by atoms with Crippen molar-refractivity contribution >= 4 is 11.7 Å². The highest BCUT2D eigenvalue weighted by Crippen LogP contribution is 2.24. The molecule has 0 aromatic heterocycles. The summed E-state index contributed by atoms with van der Waals surface area (Å²) in [4.78, 5) is 14.2. The molecular formula is C19H23N3O. The van der Waals surface area contributed by atoms with Gasteiger partial charge in [0.15, 0.2) is 0 Å². The summed E-state index contributed by atoms with van der Waals surface area (Å²) in [5, 5.41) is 3.00. The fraction of sp³-hybridized carbons (Fsp3) is 0.316. The Morgan fingerprint density at radius 2 is 2.00 bits per heavy atom. The van der Waals surface area contributed by atoms with Gasteiger partial charge in [0, 0.05) is 18.8 Å². The van der Waals surface area contributed by atoms with Gasteiger partial charge in [0.25, 0.3) is 0 Å². The molecule has 0 radical (unpaired) electrons. The molecule has 1 saturated heterocycles. The number of rotatable bonds is 3. The third-order valence-corrected chi connectivity index (χ3v) is 4.41. The number of hydrogen-bond donors (Lipinski definition) is 2. The van der Waals surface area contributed by atoms with E-state index in [4.69, 9.17) is 5.73 Å². The number of nitrogens with one attached hydrogen (secondary N) is 1. The second-order valence-corrected chi connectivity index (χ2v) is 6.21. The van der Waals surface area contributed by atoms with Crippen LogP contribution in [0, 0.1) is 12.8 Å². The molecule has 3 N–H and O–H groups in total. The van der Waals surface area contributed by atoms with E-state index < -0.39 is 0 Å². The zero-order chi connectivity index (χ0) is 16.2. The van der Waals surface area contributed by atoms with E-state index >= 15 is 0 Å². The summed E-state index contributed by atoms with van der Waals surface area (Å²) in [6.07, 6.45) is 0.993. The fourth-order valence-electron chi connectivity index (χ4n) is 2.93. The van der Waals surface area contributed by atoms with E-state index in [9.17, 15) is 4.79 Å². The van der Waals surface area contributed by atoms with E-state index in [0.29, 0.717) is 12.5 Å². The Morgan fingerprint density at radius 3 is 2.70 bits per heavy atom. The van der Waals surface area contributed by atoms with Crippen molar-refractivity contribution in [2.75, 3.05) is 25.0 Å². The van der Waals surface area contributed by atoms with Gasteiger partial charge in [-0.05, 0) is 49.1 Å². The molecule has 23 heavy (non-hydrogen) atoms. The SMILES string of the molecule is Cc1ccc(-c2cccc(NC(=O)N3CC[C@@H](CN)C3)c2)cc1. The van der Waals surface area contributed by atoms with Crippen LogP contribution in [0.5, 0.6) is 0 Å². The Balaban J connectivity index is 1.70. The lowest BCUT2D eigenvalue weighted by atomic mass is 10.0. The highest BCUT2D eigenvalue weighted by molar-refractivity contribution is 5.90. The van der Waals surface area contributed by atoms with Gasteiger partial charge in [-0.3, -0.25) is 0 Å². The van der Waals surface area contributed by atoms with Crippen molar-refractivity contribution in [1.82, 2.24) is 4.90 Å². The molecule has 1 aliphatic heterocycles. The molecule has 2 amide bonds. The second kappa shape index (κ2) is 6.84. The van der Waals surface area contributed by atoms with Crippen LogP contribution in [0.15, 0.2) is 48.5 Å². The Morgan fingerprint density at radius 1 is 1.22 bits per heavy atom. The van der Waals surface area contributed by atoms with Crippen LogP contribution in [0.1, 0.15) is 12.0 Å². The predicted molar refractivity (Wildman–Crippen MR) is 94.4 cm³/mol. The summed E-state index contributed by atoms with van der Waals surface area (Å²) in [5.74, 6) is 0.430. The van der Waals surface area contributed by atoms with Gasteiger partial charge in [0.2, 0.25) is 0 Å². The van der Waals surface area contributed by atoms with Crippen molar-refractivity contribution in [1.29, 1.82) is 0 Å². The largest absolute Gasteiger partial charge is 0.330 e. The number of anilines is 1. The maximum atomic E-state index is 12.3. The minimum Gasteiger partial charge on any atom is -0.330 e. The monoisotopic (exact) mass is 309 g/mol. The third kappa shape index (κ3) is 3.71. The molecule has 120 valence electrons. The summed E-state index contributed by atoms with van der Waals surface area (Å²) >= 11 is 0. The Hall–Kier alpha value is -2.33. The molecular weight excluding hydrogens is 286 g/mol. The molecule has 1 aliphatic rings. The minimum atomic E-state index is -0.0398. The molecule has 2 aromatic carbocycles. The molecule has 0 unspecified atom stereocenters. The normalized spacial score (nSPS) is 17.3. The minimum absolute atomic E-state index is 0.0398. The van der Waals surface area contributed by atoms with Crippen molar-refractivity contribution < 1.29 is 4.79 Å². The van der Waals surface area contributed by atoms with Gasteiger partial charge >= 0.3 is 6.03 Å². The molecule has 1 atom stereocenters. The van der Waals surface area contributed by atoms with E-state index in [1.54, 1.807) is 0 Å². The zero-order valence-electron chi connectivity index (χ0n) is 13.5. The van der Waals surface area contributed by atoms with Crippen molar-refractivity contribution in [3.8, 4) is 11.1 Å². The van der Waals surface area contributed by atoms with Crippen LogP contribution < -0.4 is 11.1 Å². The standard InChI is InChI=1S/C19H23N3O/c1-14-5-7-16(8-6-14)17-3-2-4-18(11-17)21-19(23)22-10-9-15(12-20)13-22/h2-8,11,15H,9-10,12-13,20H2,1H3,(H,21,23)/t15-/m0/s1. The topological polar surface area (TPSA) is 58.4 Å². The summed E-state index contributed by atoms with van der Waals surface area (Å²) < 4.78 is 0. The van der Waals surface area contributed by atoms with E-state index in [-0.39, 0.29) is 6.03 Å². The van der Waals surface area contributed by atoms with Gasteiger partial charge in [-0.15, -0.1) is 0 Å². The highest BCUT2D eigenvalue weighted by atomic mass is 16.2. The van der Waals surface area contributed by atoms with Crippen molar-refractivity contribution in [2.24, 2.45) is 11.7 Å². The lowest BCUT2D eigenvalue weighted by Crippen LogP contribution is -2.33. The first kappa shape index (κ1) is 15.6. The summed E-state index contributed by atoms with van der Waals surface area (Å²) in [6.45, 7) is 4.25. The predicted octanol–water partition coefficient (Wildman–Crippen LogP) is 3.47. The lowest BCUT2D eigenvalue weighted by molar-refractivity contribution is 0.221. The first-order valence-electron chi connectivity index (χ1n) is 8.09. The first-order chi connectivity index (χ1) is 11.2. The van der Waals surface area contributed by atoms with Crippen LogP contribution in [-0.4, -0.2) is 30.6 Å². The van der Waals surface area contributed by atoms with Gasteiger partial charge < -0.3 is 16.0 Å². The maximum Gasteiger partial charge on any atom is 0.321 e. The summed E-state index contributed by atoms with van der Waals surface area (Å²) in [7, 11) is 0. The van der Waals surface area contributed by atoms with Crippen molar-refractivity contribution in [2.45, 2.75) is 13.3 Å². The number of amides is 2. The van der Waals surface area contributed by atoms with Gasteiger partial charge in [-0.2, -0.15) is 0 Å². The lowest BCUT2D eigenvalue weighted by Gasteiger charge is -2.17. The molecule has 0 bridgehead atoms. The Kier molecular flexibility index (Phi) is 4.63. The smallest absolute Gasteiger partial charge is 0.321 e. The number of aryl methyl sites for hydroxylation is 1. The quantitative estimate of drug-likeness (QED) is 0.912. The molecule has 4 heteroatoms. The number of benzene rings is 2. The average molecular weight is 309 g/mol. The molecule has 0 saturated carbocycles. The number of nitrogens with zero attached hydrogens (tertiary/aromatic N) is 1. The highest BCUT2D eigenvalue weighted by Gasteiger charge is 2.25. The van der Waals surface area contributed by atoms with Gasteiger partial charge in [0.1, 0.15) is 0 Å². The molecule has 2 aromatic rings.